The van der Waals surface area contributed by atoms with Gasteiger partial charge in [0.05, 0.1) is 19.8 Å². The number of hydrogen-bond donors (Lipinski definition) is 4. The molecule has 12 nitrogen and oxygen atoms in total. The fraction of sp³-hybridized carbons (Fsp3) is 0.792. The quantitative estimate of drug-likeness (QED) is 0.0197. The fourth-order valence-corrected chi connectivity index (χ4v) is 8.23. The van der Waals surface area contributed by atoms with Crippen molar-refractivity contribution in [3.63, 3.8) is 0 Å². The second-order valence-corrected chi connectivity index (χ2v) is 18.8. The topological polar surface area (TPSA) is 178 Å². The average molecular weight is 955 g/mol. The first kappa shape index (κ1) is 61.8. The molecule has 1 heterocycles. The van der Waals surface area contributed by atoms with Crippen molar-refractivity contribution < 1.29 is 56.2 Å². The maximum atomic E-state index is 12.9. The van der Waals surface area contributed by atoms with Gasteiger partial charge < -0.3 is 34.3 Å². The summed E-state index contributed by atoms with van der Waals surface area (Å²) in [6, 6.07) is 0. The summed E-state index contributed by atoms with van der Waals surface area (Å²) in [6.07, 6.45) is 46.7. The van der Waals surface area contributed by atoms with Crippen LogP contribution < -0.4 is 0 Å². The van der Waals surface area contributed by atoms with E-state index >= 15 is 0 Å². The highest BCUT2D eigenvalue weighted by Crippen LogP contribution is 2.26. The van der Waals surface area contributed by atoms with Gasteiger partial charge in [-0.3, -0.25) is 9.35 Å². The van der Waals surface area contributed by atoms with Crippen molar-refractivity contribution in [2.75, 3.05) is 26.4 Å². The number of esters is 1. The number of carbonyl (C=O) groups is 1. The molecule has 1 aliphatic heterocycles. The zero-order valence-electron chi connectivity index (χ0n) is 41.2. The second kappa shape index (κ2) is 44.0. The van der Waals surface area contributed by atoms with Gasteiger partial charge in [0, 0.05) is 13.0 Å². The SMILES string of the molecule is CC/C=C\C/C=C\C/C=C\CCCCCCCCCCOCC(COC1OC(CO)C(O)C(OS(=O)(=O)O)C1O)OC(=O)CCCCCCCCCCC/C=C\C/C=C\CCCCCCC. The van der Waals surface area contributed by atoms with Crippen LogP contribution in [0, 0.1) is 0 Å². The first-order chi connectivity index (χ1) is 32.1. The first-order valence-electron chi connectivity index (χ1n) is 26.0. The lowest BCUT2D eigenvalue weighted by Gasteiger charge is -2.41. The van der Waals surface area contributed by atoms with Gasteiger partial charge in [-0.2, -0.15) is 8.42 Å². The molecule has 0 radical (unpaired) electrons. The van der Waals surface area contributed by atoms with Crippen LogP contribution in [0.15, 0.2) is 60.8 Å². The monoisotopic (exact) mass is 955 g/mol. The normalized spacial score (nSPS) is 20.0. The molecule has 0 aliphatic carbocycles. The Kier molecular flexibility index (Phi) is 41.2. The summed E-state index contributed by atoms with van der Waals surface area (Å²) < 4.78 is 59.3. The van der Waals surface area contributed by atoms with E-state index in [1.165, 1.54) is 103 Å². The maximum absolute atomic E-state index is 12.9. The van der Waals surface area contributed by atoms with Gasteiger partial charge in [-0.1, -0.05) is 184 Å². The first-order valence-corrected chi connectivity index (χ1v) is 27.4. The van der Waals surface area contributed by atoms with Crippen LogP contribution in [0.1, 0.15) is 206 Å². The molecule has 0 bridgehead atoms. The molecule has 1 fully saturated rings. The van der Waals surface area contributed by atoms with Crippen molar-refractivity contribution in [1.82, 2.24) is 0 Å². The van der Waals surface area contributed by atoms with Gasteiger partial charge in [-0.15, -0.1) is 0 Å². The molecule has 0 amide bonds. The smallest absolute Gasteiger partial charge is 0.397 e. The molecule has 6 unspecified atom stereocenters. The third kappa shape index (κ3) is 36.8. The van der Waals surface area contributed by atoms with Crippen LogP contribution in [0.3, 0.4) is 0 Å². The van der Waals surface area contributed by atoms with Gasteiger partial charge in [0.2, 0.25) is 0 Å². The van der Waals surface area contributed by atoms with Crippen molar-refractivity contribution in [1.29, 1.82) is 0 Å². The van der Waals surface area contributed by atoms with Gasteiger partial charge in [-0.05, 0) is 77.0 Å². The summed E-state index contributed by atoms with van der Waals surface area (Å²) in [5.74, 6) is -0.407. The Hall–Kier alpha value is -2.20. The maximum Gasteiger partial charge on any atom is 0.397 e. The minimum Gasteiger partial charge on any atom is -0.457 e. The molecule has 13 heteroatoms. The molecule has 1 rings (SSSR count). The van der Waals surface area contributed by atoms with Crippen LogP contribution in [0.25, 0.3) is 0 Å². The van der Waals surface area contributed by atoms with E-state index < -0.39 is 59.8 Å². The lowest BCUT2D eigenvalue weighted by Crippen LogP contribution is -2.60. The second-order valence-electron chi connectivity index (χ2n) is 17.7. The van der Waals surface area contributed by atoms with E-state index in [4.69, 9.17) is 18.9 Å². The van der Waals surface area contributed by atoms with Crippen molar-refractivity contribution in [2.24, 2.45) is 0 Å². The molecule has 0 aromatic heterocycles. The van der Waals surface area contributed by atoms with E-state index in [0.717, 1.165) is 77.0 Å². The van der Waals surface area contributed by atoms with Gasteiger partial charge in [0.15, 0.2) is 6.29 Å². The Bertz CT molecular complexity index is 1380. The van der Waals surface area contributed by atoms with Crippen LogP contribution in [-0.2, 0) is 38.3 Å². The van der Waals surface area contributed by atoms with Crippen molar-refractivity contribution in [2.45, 2.75) is 243 Å². The van der Waals surface area contributed by atoms with Gasteiger partial charge in [0.1, 0.15) is 30.5 Å². The largest absolute Gasteiger partial charge is 0.457 e. The summed E-state index contributed by atoms with van der Waals surface area (Å²) in [5.41, 5.74) is 0. The van der Waals surface area contributed by atoms with E-state index in [-0.39, 0.29) is 19.6 Å². The lowest BCUT2D eigenvalue weighted by molar-refractivity contribution is -0.301. The minimum atomic E-state index is -5.07. The Morgan fingerprint density at radius 1 is 0.591 bits per heavy atom. The standard InChI is InChI=1S/C53H94O12S/c1-3-5-7-9-11-13-15-17-19-21-23-24-25-26-28-30-32-34-36-38-40-42-49(55)63-47(46-62-53-51(57)52(65-66(58,59)60)50(56)48(44-54)64-53)45-61-43-41-39-37-35-33-31-29-27-22-20-18-16-14-12-10-8-6-4-2/h6,8,12,14-15,17-18,20-21,23,47-48,50-54,56-57H,3-5,7,9-11,13,16,19,22,24-46H2,1-2H3,(H,58,59,60)/b8-6-,14-12-,17-15-,20-18-,23-21-. The number of unbranched alkanes of at least 4 members (excludes halogenated alkanes) is 22. The van der Waals surface area contributed by atoms with Crippen molar-refractivity contribution >= 4 is 16.4 Å². The summed E-state index contributed by atoms with van der Waals surface area (Å²) >= 11 is 0. The summed E-state index contributed by atoms with van der Waals surface area (Å²) in [4.78, 5) is 12.9. The molecule has 0 saturated carbocycles. The lowest BCUT2D eigenvalue weighted by atomic mass is 9.99. The number of hydrogen-bond acceptors (Lipinski definition) is 11. The molecule has 1 saturated heterocycles. The third-order valence-electron chi connectivity index (χ3n) is 11.6. The van der Waals surface area contributed by atoms with Crippen LogP contribution in [0.5, 0.6) is 0 Å². The molecule has 66 heavy (non-hydrogen) atoms. The number of ether oxygens (including phenoxy) is 4. The Labute approximate surface area is 401 Å². The zero-order valence-corrected chi connectivity index (χ0v) is 42.1. The summed E-state index contributed by atoms with van der Waals surface area (Å²) in [7, 11) is -5.07. The molecular weight excluding hydrogens is 861 g/mol. The number of aliphatic hydroxyl groups is 3. The van der Waals surface area contributed by atoms with Crippen LogP contribution in [0.4, 0.5) is 0 Å². The summed E-state index contributed by atoms with van der Waals surface area (Å²) in [5, 5.41) is 30.8. The highest BCUT2D eigenvalue weighted by atomic mass is 32.3. The third-order valence-corrected chi connectivity index (χ3v) is 12.1. The van der Waals surface area contributed by atoms with Crippen LogP contribution >= 0.6 is 0 Å². The van der Waals surface area contributed by atoms with Crippen molar-refractivity contribution in [3.8, 4) is 0 Å². The number of carbonyl (C=O) groups excluding carboxylic acids is 1. The van der Waals surface area contributed by atoms with Crippen LogP contribution in [-0.4, -0.2) is 97.5 Å². The molecule has 0 spiro atoms. The molecular formula is C53H94O12S. The van der Waals surface area contributed by atoms with E-state index in [9.17, 15) is 33.1 Å². The molecule has 4 N–H and O–H groups in total. The summed E-state index contributed by atoms with van der Waals surface area (Å²) in [6.45, 7) is 3.86. The number of rotatable bonds is 45. The minimum absolute atomic E-state index is 0.0273. The molecule has 0 aromatic carbocycles. The van der Waals surface area contributed by atoms with Gasteiger partial charge in [0.25, 0.3) is 0 Å². The Morgan fingerprint density at radius 3 is 1.53 bits per heavy atom. The zero-order chi connectivity index (χ0) is 48.2. The van der Waals surface area contributed by atoms with E-state index in [1.54, 1.807) is 0 Å². The molecule has 0 aromatic rings. The Balaban J connectivity index is 2.36. The van der Waals surface area contributed by atoms with Crippen molar-refractivity contribution in [3.05, 3.63) is 60.8 Å². The molecule has 1 aliphatic rings. The van der Waals surface area contributed by atoms with E-state index in [2.05, 4.69) is 78.8 Å². The number of aliphatic hydroxyl groups excluding tert-OH is 3. The fourth-order valence-electron chi connectivity index (χ4n) is 7.72. The van der Waals surface area contributed by atoms with Gasteiger partial charge in [-0.25, -0.2) is 4.18 Å². The van der Waals surface area contributed by atoms with E-state index in [1.807, 2.05) is 0 Å². The highest BCUT2D eigenvalue weighted by molar-refractivity contribution is 7.80. The molecule has 6 atom stereocenters. The molecule has 384 valence electrons. The Morgan fingerprint density at radius 2 is 1.05 bits per heavy atom. The van der Waals surface area contributed by atoms with Gasteiger partial charge >= 0.3 is 16.4 Å². The van der Waals surface area contributed by atoms with E-state index in [0.29, 0.717) is 13.0 Å². The average Bonchev–Trinajstić information content (AvgIpc) is 3.29. The highest BCUT2D eigenvalue weighted by Gasteiger charge is 2.48. The number of allylic oxidation sites excluding steroid dienone is 10. The van der Waals surface area contributed by atoms with Crippen LogP contribution in [0.2, 0.25) is 0 Å². The predicted molar refractivity (Wildman–Crippen MR) is 266 cm³/mol. The predicted octanol–water partition coefficient (Wildman–Crippen LogP) is 12.1.